The Balaban J connectivity index is 2.00. The Hall–Kier alpha value is -1.39. The van der Waals surface area contributed by atoms with Crippen LogP contribution >= 0.6 is 11.6 Å². The summed E-state index contributed by atoms with van der Waals surface area (Å²) in [6.07, 6.45) is 5.37. The van der Waals surface area contributed by atoms with Crippen LogP contribution in [0.15, 0.2) is 30.7 Å². The van der Waals surface area contributed by atoms with E-state index in [1.165, 1.54) is 12.1 Å². The normalized spacial score (nSPS) is 17.1. The van der Waals surface area contributed by atoms with Gasteiger partial charge in [-0.05, 0) is 31.0 Å². The fraction of sp³-hybridized carbons (Fsp3) is 0.250. The maximum Gasteiger partial charge on any atom is 0.126 e. The lowest BCUT2D eigenvalue weighted by atomic mass is 10.2. The molecule has 0 bridgehead atoms. The number of hydrogen-bond acceptors (Lipinski definition) is 2. The molecule has 1 fully saturated rings. The van der Waals surface area contributed by atoms with Crippen molar-refractivity contribution in [1.82, 2.24) is 9.55 Å². The molecule has 1 heterocycles. The van der Waals surface area contributed by atoms with Crippen molar-refractivity contribution in [3.05, 3.63) is 47.3 Å². The molecule has 2 N–H and O–H groups in total. The Kier molecular flexibility index (Phi) is 2.24. The van der Waals surface area contributed by atoms with Crippen LogP contribution in [-0.4, -0.2) is 9.55 Å². The predicted molar refractivity (Wildman–Crippen MR) is 63.6 cm³/mol. The van der Waals surface area contributed by atoms with Crippen LogP contribution in [0.3, 0.4) is 0 Å². The molecule has 0 saturated heterocycles. The topological polar surface area (TPSA) is 43.8 Å². The van der Waals surface area contributed by atoms with Gasteiger partial charge in [-0.2, -0.15) is 0 Å². The van der Waals surface area contributed by atoms with Crippen molar-refractivity contribution in [1.29, 1.82) is 0 Å². The summed E-state index contributed by atoms with van der Waals surface area (Å²) in [5, 5.41) is 0.365. The van der Waals surface area contributed by atoms with Crippen LogP contribution in [0.25, 0.3) is 5.69 Å². The molecule has 0 spiro atoms. The summed E-state index contributed by atoms with van der Waals surface area (Å²) in [5.74, 6) is -0.364. The summed E-state index contributed by atoms with van der Waals surface area (Å²) < 4.78 is 15.0. The monoisotopic (exact) mass is 251 g/mol. The molecule has 2 aromatic rings. The second kappa shape index (κ2) is 3.55. The second-order valence-electron chi connectivity index (χ2n) is 4.45. The van der Waals surface area contributed by atoms with Gasteiger partial charge in [-0.15, -0.1) is 0 Å². The molecule has 0 unspecified atom stereocenters. The lowest BCUT2D eigenvalue weighted by Crippen LogP contribution is -2.18. The number of nitrogens with two attached hydrogens (primary N) is 1. The number of aromatic nitrogens is 2. The highest BCUT2D eigenvalue weighted by molar-refractivity contribution is 6.30. The molecule has 88 valence electrons. The van der Waals surface area contributed by atoms with E-state index in [-0.39, 0.29) is 11.4 Å². The lowest BCUT2D eigenvalue weighted by molar-refractivity contribution is 0.626. The van der Waals surface area contributed by atoms with Gasteiger partial charge < -0.3 is 10.3 Å². The summed E-state index contributed by atoms with van der Waals surface area (Å²) >= 11 is 5.81. The standard InChI is InChI=1S/C12H11ClFN3/c13-8-3-9(14)5-10(4-8)17-6-11(16-7-17)12(15)1-2-12/h3-7H,1-2,15H2. The first-order valence-corrected chi connectivity index (χ1v) is 5.74. The van der Waals surface area contributed by atoms with Crippen molar-refractivity contribution in [2.45, 2.75) is 18.4 Å². The van der Waals surface area contributed by atoms with E-state index < -0.39 is 0 Å². The quantitative estimate of drug-likeness (QED) is 0.892. The van der Waals surface area contributed by atoms with E-state index in [1.807, 2.05) is 6.20 Å². The van der Waals surface area contributed by atoms with Crippen molar-refractivity contribution in [2.75, 3.05) is 0 Å². The van der Waals surface area contributed by atoms with E-state index >= 15 is 0 Å². The average Bonchev–Trinajstić information content (AvgIpc) is 2.82. The molecule has 1 saturated carbocycles. The molecule has 3 rings (SSSR count). The molecule has 0 radical (unpaired) electrons. The van der Waals surface area contributed by atoms with Crippen molar-refractivity contribution in [3.8, 4) is 5.69 Å². The van der Waals surface area contributed by atoms with Crippen LogP contribution in [0, 0.1) is 5.82 Å². The van der Waals surface area contributed by atoms with Crippen LogP contribution in [0.1, 0.15) is 18.5 Å². The Morgan fingerprint density at radius 2 is 2.12 bits per heavy atom. The minimum Gasteiger partial charge on any atom is -0.320 e. The van der Waals surface area contributed by atoms with Gasteiger partial charge in [0.1, 0.15) is 5.82 Å². The van der Waals surface area contributed by atoms with Crippen LogP contribution in [0.2, 0.25) is 5.02 Å². The summed E-state index contributed by atoms with van der Waals surface area (Å²) in [6.45, 7) is 0. The average molecular weight is 252 g/mol. The second-order valence-corrected chi connectivity index (χ2v) is 4.89. The van der Waals surface area contributed by atoms with Crippen LogP contribution in [0.5, 0.6) is 0 Å². The number of imidazole rings is 1. The maximum absolute atomic E-state index is 13.2. The Morgan fingerprint density at radius 3 is 2.76 bits per heavy atom. The highest BCUT2D eigenvalue weighted by Crippen LogP contribution is 2.41. The van der Waals surface area contributed by atoms with Crippen molar-refractivity contribution in [3.63, 3.8) is 0 Å². The van der Waals surface area contributed by atoms with Gasteiger partial charge >= 0.3 is 0 Å². The van der Waals surface area contributed by atoms with Gasteiger partial charge in [0.25, 0.3) is 0 Å². The maximum atomic E-state index is 13.2. The van der Waals surface area contributed by atoms with Gasteiger partial charge in [0.15, 0.2) is 0 Å². The van der Waals surface area contributed by atoms with E-state index in [1.54, 1.807) is 17.0 Å². The van der Waals surface area contributed by atoms with Crippen molar-refractivity contribution in [2.24, 2.45) is 5.73 Å². The molecule has 0 aliphatic heterocycles. The highest BCUT2D eigenvalue weighted by Gasteiger charge is 2.42. The highest BCUT2D eigenvalue weighted by atomic mass is 35.5. The molecule has 5 heteroatoms. The zero-order valence-corrected chi connectivity index (χ0v) is 9.78. The van der Waals surface area contributed by atoms with Gasteiger partial charge in [-0.1, -0.05) is 11.6 Å². The molecular weight excluding hydrogens is 241 g/mol. The minimum absolute atomic E-state index is 0.275. The first-order valence-electron chi connectivity index (χ1n) is 5.37. The van der Waals surface area contributed by atoms with Gasteiger partial charge in [0.2, 0.25) is 0 Å². The lowest BCUT2D eigenvalue weighted by Gasteiger charge is -2.04. The molecule has 0 atom stereocenters. The largest absolute Gasteiger partial charge is 0.320 e. The van der Waals surface area contributed by atoms with Crippen LogP contribution in [-0.2, 0) is 5.54 Å². The Morgan fingerprint density at radius 1 is 1.35 bits per heavy atom. The van der Waals surface area contributed by atoms with E-state index in [0.29, 0.717) is 10.7 Å². The molecule has 0 amide bonds. The van der Waals surface area contributed by atoms with E-state index in [4.69, 9.17) is 17.3 Å². The fourth-order valence-corrected chi connectivity index (χ4v) is 2.02. The molecular formula is C12H11ClFN3. The van der Waals surface area contributed by atoms with Gasteiger partial charge in [0, 0.05) is 11.2 Å². The first-order chi connectivity index (χ1) is 8.07. The first kappa shape index (κ1) is 10.7. The van der Waals surface area contributed by atoms with Gasteiger partial charge in [-0.25, -0.2) is 9.37 Å². The predicted octanol–water partition coefficient (Wildman–Crippen LogP) is 2.61. The third-order valence-electron chi connectivity index (χ3n) is 3.03. The summed E-state index contributed by atoms with van der Waals surface area (Å²) in [5.41, 5.74) is 7.26. The molecule has 1 aliphatic rings. The van der Waals surface area contributed by atoms with Crippen molar-refractivity contribution >= 4 is 11.6 Å². The number of halogens is 2. The van der Waals surface area contributed by atoms with Gasteiger partial charge in [-0.3, -0.25) is 0 Å². The molecule has 1 aromatic carbocycles. The third-order valence-corrected chi connectivity index (χ3v) is 3.25. The molecule has 17 heavy (non-hydrogen) atoms. The Labute approximate surface area is 103 Å². The molecule has 1 aromatic heterocycles. The van der Waals surface area contributed by atoms with Crippen LogP contribution < -0.4 is 5.73 Å². The summed E-state index contributed by atoms with van der Waals surface area (Å²) in [4.78, 5) is 4.26. The van der Waals surface area contributed by atoms with Crippen molar-refractivity contribution < 1.29 is 4.39 Å². The zero-order chi connectivity index (χ0) is 12.0. The third kappa shape index (κ3) is 1.94. The fourth-order valence-electron chi connectivity index (χ4n) is 1.80. The summed E-state index contributed by atoms with van der Waals surface area (Å²) in [6, 6.07) is 4.37. The van der Waals surface area contributed by atoms with E-state index in [0.717, 1.165) is 18.5 Å². The van der Waals surface area contributed by atoms with E-state index in [9.17, 15) is 4.39 Å². The van der Waals surface area contributed by atoms with Crippen LogP contribution in [0.4, 0.5) is 4.39 Å². The number of nitrogens with zero attached hydrogens (tertiary/aromatic N) is 2. The number of hydrogen-bond donors (Lipinski definition) is 1. The molecule has 1 aliphatic carbocycles. The summed E-state index contributed by atoms with van der Waals surface area (Å²) in [7, 11) is 0. The number of benzene rings is 1. The SMILES string of the molecule is NC1(c2cn(-c3cc(F)cc(Cl)c3)cn2)CC1. The Bertz CT molecular complexity index is 555. The van der Waals surface area contributed by atoms with Gasteiger partial charge in [0.05, 0.1) is 23.2 Å². The zero-order valence-electron chi connectivity index (χ0n) is 9.03. The van der Waals surface area contributed by atoms with E-state index in [2.05, 4.69) is 4.98 Å². The smallest absolute Gasteiger partial charge is 0.126 e. The number of rotatable bonds is 2. The minimum atomic E-state index is -0.364. The molecule has 3 nitrogen and oxygen atoms in total.